The van der Waals surface area contributed by atoms with E-state index in [1.807, 2.05) is 24.9 Å². The second-order valence-electron chi connectivity index (χ2n) is 5.51. The van der Waals surface area contributed by atoms with Crippen molar-refractivity contribution in [3.63, 3.8) is 0 Å². The van der Waals surface area contributed by atoms with Gasteiger partial charge in [-0.3, -0.25) is 14.5 Å². The summed E-state index contributed by atoms with van der Waals surface area (Å²) in [6.45, 7) is 3.27. The molecule has 1 aliphatic heterocycles. The molecule has 0 saturated carbocycles. The van der Waals surface area contributed by atoms with Crippen molar-refractivity contribution in [1.82, 2.24) is 20.7 Å². The highest BCUT2D eigenvalue weighted by molar-refractivity contribution is 5.88. The molecule has 21 heavy (non-hydrogen) atoms. The predicted octanol–water partition coefficient (Wildman–Crippen LogP) is 0.200. The minimum absolute atomic E-state index is 0.0874. The van der Waals surface area contributed by atoms with Gasteiger partial charge in [0.05, 0.1) is 12.2 Å². The maximum Gasteiger partial charge on any atom is 0.242 e. The Bertz CT molecular complexity index is 500. The molecule has 7 heteroatoms. The highest BCUT2D eigenvalue weighted by Crippen LogP contribution is 2.06. The molecule has 1 fully saturated rings. The molecule has 7 nitrogen and oxygen atoms in total. The van der Waals surface area contributed by atoms with E-state index < -0.39 is 6.04 Å². The number of hydrogen-bond acceptors (Lipinski definition) is 5. The Morgan fingerprint density at radius 2 is 2.38 bits per heavy atom. The second kappa shape index (κ2) is 7.21. The van der Waals surface area contributed by atoms with E-state index in [9.17, 15) is 9.59 Å². The van der Waals surface area contributed by atoms with E-state index in [-0.39, 0.29) is 18.4 Å². The van der Waals surface area contributed by atoms with E-state index in [0.717, 1.165) is 24.3 Å². The van der Waals surface area contributed by atoms with E-state index in [0.29, 0.717) is 19.5 Å². The van der Waals surface area contributed by atoms with Crippen LogP contribution in [0.15, 0.2) is 10.6 Å². The van der Waals surface area contributed by atoms with Crippen molar-refractivity contribution in [2.24, 2.45) is 0 Å². The fourth-order valence-corrected chi connectivity index (χ4v) is 2.39. The van der Waals surface area contributed by atoms with Crippen molar-refractivity contribution < 1.29 is 14.1 Å². The molecule has 2 heterocycles. The number of hydrogen-bond donors (Lipinski definition) is 2. The summed E-state index contributed by atoms with van der Waals surface area (Å²) in [7, 11) is 1.83. The largest absolute Gasteiger partial charge is 0.361 e. The first kappa shape index (κ1) is 15.5. The standard InChI is InChI=1S/C14H22N4O3/c1-10-7-11(17-21-10)8-18(2)9-13(19)16-12-5-3-4-6-15-14(12)20/h7,12H,3-6,8-9H2,1-2H3,(H,15,20)(H,16,19)/t12-/m1/s1. The SMILES string of the molecule is Cc1cc(CN(C)CC(=O)N[C@@H]2CCCCNC2=O)no1. The monoisotopic (exact) mass is 294 g/mol. The molecule has 0 spiro atoms. The van der Waals surface area contributed by atoms with Gasteiger partial charge in [0.2, 0.25) is 11.8 Å². The molecule has 2 amide bonds. The lowest BCUT2D eigenvalue weighted by molar-refractivity contribution is -0.129. The van der Waals surface area contributed by atoms with Crippen molar-refractivity contribution in [2.45, 2.75) is 38.8 Å². The molecule has 0 bridgehead atoms. The number of likely N-dealkylation sites (N-methyl/N-ethyl adjacent to an activating group) is 1. The van der Waals surface area contributed by atoms with Crippen molar-refractivity contribution in [1.29, 1.82) is 0 Å². The van der Waals surface area contributed by atoms with Crippen LogP contribution in [0.2, 0.25) is 0 Å². The first-order valence-electron chi connectivity index (χ1n) is 7.22. The Labute approximate surface area is 124 Å². The Balaban J connectivity index is 1.79. The zero-order valence-corrected chi connectivity index (χ0v) is 12.5. The minimum atomic E-state index is -0.414. The van der Waals surface area contributed by atoms with Crippen molar-refractivity contribution in [3.05, 3.63) is 17.5 Å². The lowest BCUT2D eigenvalue weighted by atomic mass is 10.1. The fourth-order valence-electron chi connectivity index (χ4n) is 2.39. The average Bonchev–Trinajstić information content (AvgIpc) is 2.70. The van der Waals surface area contributed by atoms with Gasteiger partial charge in [-0.1, -0.05) is 5.16 Å². The Morgan fingerprint density at radius 3 is 3.10 bits per heavy atom. The van der Waals surface area contributed by atoms with Crippen LogP contribution in [0, 0.1) is 6.92 Å². The van der Waals surface area contributed by atoms with Gasteiger partial charge >= 0.3 is 0 Å². The maximum atomic E-state index is 12.0. The molecule has 0 aromatic carbocycles. The number of carbonyl (C=O) groups is 2. The topological polar surface area (TPSA) is 87.5 Å². The third-order valence-corrected chi connectivity index (χ3v) is 3.39. The van der Waals surface area contributed by atoms with Crippen LogP contribution in [0.5, 0.6) is 0 Å². The first-order valence-corrected chi connectivity index (χ1v) is 7.22. The smallest absolute Gasteiger partial charge is 0.242 e. The number of aryl methyl sites for hydroxylation is 1. The van der Waals surface area contributed by atoms with Crippen LogP contribution >= 0.6 is 0 Å². The zero-order chi connectivity index (χ0) is 15.2. The number of nitrogens with one attached hydrogen (secondary N) is 2. The number of carbonyl (C=O) groups excluding carboxylic acids is 2. The molecule has 0 unspecified atom stereocenters. The molecule has 1 saturated heterocycles. The van der Waals surface area contributed by atoms with Gasteiger partial charge in [0.25, 0.3) is 0 Å². The normalized spacial score (nSPS) is 19.2. The number of aromatic nitrogens is 1. The summed E-state index contributed by atoms with van der Waals surface area (Å²) in [6.07, 6.45) is 2.60. The van der Waals surface area contributed by atoms with Crippen molar-refractivity contribution in [3.8, 4) is 0 Å². The highest BCUT2D eigenvalue weighted by Gasteiger charge is 2.22. The predicted molar refractivity (Wildman–Crippen MR) is 76.4 cm³/mol. The molecule has 1 aliphatic rings. The highest BCUT2D eigenvalue weighted by atomic mass is 16.5. The fraction of sp³-hybridized carbons (Fsp3) is 0.643. The van der Waals surface area contributed by atoms with Crippen LogP contribution in [-0.2, 0) is 16.1 Å². The van der Waals surface area contributed by atoms with Crippen LogP contribution in [-0.4, -0.2) is 48.0 Å². The lowest BCUT2D eigenvalue weighted by Crippen LogP contribution is -2.48. The van der Waals surface area contributed by atoms with E-state index >= 15 is 0 Å². The average molecular weight is 294 g/mol. The van der Waals surface area contributed by atoms with Crippen LogP contribution in [0.4, 0.5) is 0 Å². The molecule has 2 N–H and O–H groups in total. The molecule has 2 rings (SSSR count). The Morgan fingerprint density at radius 1 is 1.57 bits per heavy atom. The summed E-state index contributed by atoms with van der Waals surface area (Å²) in [5, 5.41) is 9.49. The molecular formula is C14H22N4O3. The van der Waals surface area contributed by atoms with E-state index in [4.69, 9.17) is 4.52 Å². The summed E-state index contributed by atoms with van der Waals surface area (Å²) in [6, 6.07) is 1.43. The van der Waals surface area contributed by atoms with Gasteiger partial charge in [0, 0.05) is 19.2 Å². The molecule has 116 valence electrons. The summed E-state index contributed by atoms with van der Waals surface area (Å²) in [5.41, 5.74) is 0.787. The minimum Gasteiger partial charge on any atom is -0.361 e. The Hall–Kier alpha value is -1.89. The number of amides is 2. The quantitative estimate of drug-likeness (QED) is 0.810. The summed E-state index contributed by atoms with van der Waals surface area (Å²) in [5.74, 6) is 0.508. The van der Waals surface area contributed by atoms with Gasteiger partial charge in [0.1, 0.15) is 11.8 Å². The molecule has 0 aliphatic carbocycles. The van der Waals surface area contributed by atoms with Gasteiger partial charge in [-0.15, -0.1) is 0 Å². The second-order valence-corrected chi connectivity index (χ2v) is 5.51. The molecule has 0 radical (unpaired) electrons. The van der Waals surface area contributed by atoms with Gasteiger partial charge in [-0.25, -0.2) is 0 Å². The first-order chi connectivity index (χ1) is 10.0. The molecule has 1 aromatic heterocycles. The molecular weight excluding hydrogens is 272 g/mol. The van der Waals surface area contributed by atoms with E-state index in [1.165, 1.54) is 0 Å². The molecule has 1 atom stereocenters. The summed E-state index contributed by atoms with van der Waals surface area (Å²) < 4.78 is 4.99. The van der Waals surface area contributed by atoms with Crippen LogP contribution in [0.1, 0.15) is 30.7 Å². The van der Waals surface area contributed by atoms with Gasteiger partial charge < -0.3 is 15.2 Å². The Kier molecular flexibility index (Phi) is 5.32. The van der Waals surface area contributed by atoms with Gasteiger partial charge in [0.15, 0.2) is 0 Å². The third kappa shape index (κ3) is 4.86. The van der Waals surface area contributed by atoms with Crippen LogP contribution in [0.3, 0.4) is 0 Å². The van der Waals surface area contributed by atoms with Gasteiger partial charge in [-0.2, -0.15) is 0 Å². The third-order valence-electron chi connectivity index (χ3n) is 3.39. The maximum absolute atomic E-state index is 12.0. The number of nitrogens with zero attached hydrogens (tertiary/aromatic N) is 2. The van der Waals surface area contributed by atoms with Crippen molar-refractivity contribution >= 4 is 11.8 Å². The zero-order valence-electron chi connectivity index (χ0n) is 12.5. The summed E-state index contributed by atoms with van der Waals surface area (Å²) >= 11 is 0. The number of rotatable bonds is 5. The molecule has 1 aromatic rings. The van der Waals surface area contributed by atoms with Crippen LogP contribution < -0.4 is 10.6 Å². The lowest BCUT2D eigenvalue weighted by Gasteiger charge is -2.18. The van der Waals surface area contributed by atoms with E-state index in [2.05, 4.69) is 15.8 Å². The van der Waals surface area contributed by atoms with Gasteiger partial charge in [-0.05, 0) is 33.2 Å². The summed E-state index contributed by atoms with van der Waals surface area (Å²) in [4.78, 5) is 25.6. The van der Waals surface area contributed by atoms with Crippen LogP contribution in [0.25, 0.3) is 0 Å². The van der Waals surface area contributed by atoms with Crippen molar-refractivity contribution in [2.75, 3.05) is 20.1 Å². The van der Waals surface area contributed by atoms with E-state index in [1.54, 1.807) is 0 Å².